The molecule has 1 aliphatic heterocycles. The lowest BCUT2D eigenvalue weighted by atomic mass is 10.0. The largest absolute Gasteiger partial charge is 0.492 e. The second-order valence-corrected chi connectivity index (χ2v) is 4.06. The summed E-state index contributed by atoms with van der Waals surface area (Å²) in [6.07, 6.45) is 0.924. The van der Waals surface area contributed by atoms with E-state index in [2.05, 4.69) is 22.6 Å². The van der Waals surface area contributed by atoms with Crippen molar-refractivity contribution < 1.29 is 4.74 Å². The third kappa shape index (κ3) is 1.31. The van der Waals surface area contributed by atoms with Crippen LogP contribution in [0.25, 0.3) is 0 Å². The molecule has 0 bridgehead atoms. The van der Waals surface area contributed by atoms with Crippen LogP contribution in [0, 0.1) is 3.57 Å². The van der Waals surface area contributed by atoms with Crippen molar-refractivity contribution in [1.29, 1.82) is 0 Å². The maximum absolute atomic E-state index is 5.93. The average molecular weight is 275 g/mol. The number of ether oxygens (including phenoxy) is 1. The lowest BCUT2D eigenvalue weighted by molar-refractivity contribution is 0.267. The van der Waals surface area contributed by atoms with Gasteiger partial charge in [0.15, 0.2) is 0 Å². The molecule has 2 N–H and O–H groups in total. The smallest absolute Gasteiger partial charge is 0.137 e. The van der Waals surface area contributed by atoms with Crippen molar-refractivity contribution >= 4 is 22.6 Å². The summed E-state index contributed by atoms with van der Waals surface area (Å²) >= 11 is 2.27. The predicted molar refractivity (Wildman–Crippen MR) is 56.2 cm³/mol. The number of hydrogen-bond donors (Lipinski definition) is 1. The molecule has 2 nitrogen and oxygen atoms in total. The number of rotatable bonds is 0. The molecule has 12 heavy (non-hydrogen) atoms. The summed E-state index contributed by atoms with van der Waals surface area (Å²) in [5, 5.41) is 0. The Hall–Kier alpha value is -0.290. The number of halogens is 1. The van der Waals surface area contributed by atoms with Gasteiger partial charge in [0.05, 0.1) is 10.2 Å². The molecular weight excluding hydrogens is 265 g/mol. The molecule has 0 fully saturated rings. The van der Waals surface area contributed by atoms with Crippen LogP contribution < -0.4 is 10.5 Å². The summed E-state index contributed by atoms with van der Waals surface area (Å²) in [5.41, 5.74) is 7.08. The van der Waals surface area contributed by atoms with Crippen LogP contribution in [-0.4, -0.2) is 6.61 Å². The fourth-order valence-corrected chi connectivity index (χ4v) is 2.09. The molecule has 2 rings (SSSR count). The van der Waals surface area contributed by atoms with Crippen molar-refractivity contribution in [3.63, 3.8) is 0 Å². The Morgan fingerprint density at radius 3 is 3.08 bits per heavy atom. The van der Waals surface area contributed by atoms with Crippen LogP contribution in [0.5, 0.6) is 5.75 Å². The standard InChI is InChI=1S/C9H10INO/c10-7-3-1-2-6-8(11)4-5-12-9(6)7/h1-3,8H,4-5,11H2/t8-/m1/s1. The third-order valence-corrected chi connectivity index (χ3v) is 2.92. The monoisotopic (exact) mass is 275 g/mol. The van der Waals surface area contributed by atoms with Gasteiger partial charge in [0.1, 0.15) is 5.75 Å². The first kappa shape index (κ1) is 8.31. The summed E-state index contributed by atoms with van der Waals surface area (Å²) < 4.78 is 6.69. The molecule has 1 aliphatic rings. The molecule has 1 atom stereocenters. The Morgan fingerprint density at radius 2 is 2.33 bits per heavy atom. The summed E-state index contributed by atoms with van der Waals surface area (Å²) in [6.45, 7) is 0.744. The highest BCUT2D eigenvalue weighted by Crippen LogP contribution is 2.33. The van der Waals surface area contributed by atoms with Crippen molar-refractivity contribution in [3.8, 4) is 5.75 Å². The second kappa shape index (κ2) is 3.22. The van der Waals surface area contributed by atoms with Gasteiger partial charge in [0.25, 0.3) is 0 Å². The van der Waals surface area contributed by atoms with Gasteiger partial charge in [-0.25, -0.2) is 0 Å². The zero-order chi connectivity index (χ0) is 8.55. The molecule has 0 spiro atoms. The van der Waals surface area contributed by atoms with Crippen LogP contribution in [0.15, 0.2) is 18.2 Å². The lowest BCUT2D eigenvalue weighted by Crippen LogP contribution is -2.20. The molecule has 0 unspecified atom stereocenters. The molecule has 0 amide bonds. The van der Waals surface area contributed by atoms with Gasteiger partial charge < -0.3 is 10.5 Å². The molecule has 0 radical (unpaired) electrons. The van der Waals surface area contributed by atoms with Crippen molar-refractivity contribution in [2.75, 3.05) is 6.61 Å². The molecule has 3 heteroatoms. The van der Waals surface area contributed by atoms with Gasteiger partial charge in [-0.05, 0) is 28.7 Å². The van der Waals surface area contributed by atoms with Crippen LogP contribution >= 0.6 is 22.6 Å². The average Bonchev–Trinajstić information content (AvgIpc) is 2.07. The molecule has 64 valence electrons. The number of para-hydroxylation sites is 1. The molecule has 0 aromatic heterocycles. The van der Waals surface area contributed by atoms with Gasteiger partial charge in [-0.15, -0.1) is 0 Å². The summed E-state index contributed by atoms with van der Waals surface area (Å²) in [6, 6.07) is 6.26. The zero-order valence-electron chi connectivity index (χ0n) is 6.59. The van der Waals surface area contributed by atoms with E-state index in [1.54, 1.807) is 0 Å². The minimum absolute atomic E-state index is 0.156. The van der Waals surface area contributed by atoms with Gasteiger partial charge in [-0.3, -0.25) is 0 Å². The predicted octanol–water partition coefficient (Wildman–Crippen LogP) is 2.07. The van der Waals surface area contributed by atoms with Gasteiger partial charge in [-0.1, -0.05) is 12.1 Å². The first-order chi connectivity index (χ1) is 5.79. The van der Waals surface area contributed by atoms with Gasteiger partial charge in [0, 0.05) is 18.0 Å². The van der Waals surface area contributed by atoms with E-state index in [9.17, 15) is 0 Å². The van der Waals surface area contributed by atoms with E-state index < -0.39 is 0 Å². The van der Waals surface area contributed by atoms with E-state index in [1.807, 2.05) is 18.2 Å². The fourth-order valence-electron chi connectivity index (χ4n) is 1.41. The SMILES string of the molecule is N[C@@H]1CCOc2c(I)cccc21. The van der Waals surface area contributed by atoms with Crippen LogP contribution in [0.2, 0.25) is 0 Å². The van der Waals surface area contributed by atoms with Gasteiger partial charge in [-0.2, -0.15) is 0 Å². The third-order valence-electron chi connectivity index (χ3n) is 2.07. The normalized spacial score (nSPS) is 21.3. The van der Waals surface area contributed by atoms with Crippen LogP contribution in [0.1, 0.15) is 18.0 Å². The first-order valence-corrected chi connectivity index (χ1v) is 5.03. The summed E-state index contributed by atoms with van der Waals surface area (Å²) in [5.74, 6) is 0.983. The molecule has 0 saturated carbocycles. The van der Waals surface area contributed by atoms with E-state index in [4.69, 9.17) is 10.5 Å². The highest BCUT2D eigenvalue weighted by molar-refractivity contribution is 14.1. The summed E-state index contributed by atoms with van der Waals surface area (Å²) in [7, 11) is 0. The van der Waals surface area contributed by atoms with Crippen molar-refractivity contribution in [2.45, 2.75) is 12.5 Å². The Bertz CT molecular complexity index is 301. The number of hydrogen-bond acceptors (Lipinski definition) is 2. The highest BCUT2D eigenvalue weighted by Gasteiger charge is 2.19. The minimum atomic E-state index is 0.156. The molecule has 0 saturated heterocycles. The van der Waals surface area contributed by atoms with Crippen molar-refractivity contribution in [2.24, 2.45) is 5.73 Å². The second-order valence-electron chi connectivity index (χ2n) is 2.90. The van der Waals surface area contributed by atoms with E-state index in [1.165, 1.54) is 0 Å². The molecular formula is C9H10INO. The summed E-state index contributed by atoms with van der Waals surface area (Å²) in [4.78, 5) is 0. The van der Waals surface area contributed by atoms with Crippen LogP contribution in [0.4, 0.5) is 0 Å². The first-order valence-electron chi connectivity index (χ1n) is 3.96. The van der Waals surface area contributed by atoms with Gasteiger partial charge in [0.2, 0.25) is 0 Å². The maximum Gasteiger partial charge on any atom is 0.137 e. The van der Waals surface area contributed by atoms with E-state index >= 15 is 0 Å². The quantitative estimate of drug-likeness (QED) is 0.736. The van der Waals surface area contributed by atoms with E-state index in [0.717, 1.165) is 27.9 Å². The van der Waals surface area contributed by atoms with E-state index in [-0.39, 0.29) is 6.04 Å². The number of fused-ring (bicyclic) bond motifs is 1. The number of benzene rings is 1. The molecule has 1 aromatic rings. The Kier molecular flexibility index (Phi) is 2.23. The minimum Gasteiger partial charge on any atom is -0.492 e. The highest BCUT2D eigenvalue weighted by atomic mass is 127. The fraction of sp³-hybridized carbons (Fsp3) is 0.333. The van der Waals surface area contributed by atoms with Crippen LogP contribution in [-0.2, 0) is 0 Å². The van der Waals surface area contributed by atoms with Crippen molar-refractivity contribution in [3.05, 3.63) is 27.3 Å². The number of nitrogens with two attached hydrogens (primary N) is 1. The Morgan fingerprint density at radius 1 is 1.50 bits per heavy atom. The molecule has 0 aliphatic carbocycles. The molecule has 1 heterocycles. The Balaban J connectivity index is 2.52. The van der Waals surface area contributed by atoms with E-state index in [0.29, 0.717) is 0 Å². The van der Waals surface area contributed by atoms with Crippen molar-refractivity contribution in [1.82, 2.24) is 0 Å². The Labute approximate surface area is 85.2 Å². The topological polar surface area (TPSA) is 35.2 Å². The van der Waals surface area contributed by atoms with Crippen LogP contribution in [0.3, 0.4) is 0 Å². The lowest BCUT2D eigenvalue weighted by Gasteiger charge is -2.23. The molecule has 1 aromatic carbocycles. The zero-order valence-corrected chi connectivity index (χ0v) is 8.74. The van der Waals surface area contributed by atoms with Gasteiger partial charge >= 0.3 is 0 Å². The maximum atomic E-state index is 5.93.